The van der Waals surface area contributed by atoms with Crippen LogP contribution in [0.15, 0.2) is 0 Å². The number of rotatable bonds is 5. The van der Waals surface area contributed by atoms with Crippen molar-refractivity contribution >= 4 is 11.8 Å². The second-order valence-corrected chi connectivity index (χ2v) is 4.70. The standard InChI is InChI=1S/C14H21NO2/c1-5-9-11(6-2)15-12(16)10-14(7-3,8-4)13(15)17/h1,11H,6-10H2,2-4H3. The van der Waals surface area contributed by atoms with Gasteiger partial charge in [-0.2, -0.15) is 0 Å². The summed E-state index contributed by atoms with van der Waals surface area (Å²) in [7, 11) is 0. The monoisotopic (exact) mass is 235 g/mol. The summed E-state index contributed by atoms with van der Waals surface area (Å²) in [6.45, 7) is 5.90. The highest BCUT2D eigenvalue weighted by Crippen LogP contribution is 2.40. The molecule has 0 aromatic heterocycles. The zero-order valence-corrected chi connectivity index (χ0v) is 11.0. The molecule has 3 heteroatoms. The van der Waals surface area contributed by atoms with Crippen LogP contribution in [0, 0.1) is 17.8 Å². The minimum absolute atomic E-state index is 0.0189. The molecule has 2 amide bonds. The van der Waals surface area contributed by atoms with Crippen LogP contribution in [-0.2, 0) is 9.59 Å². The Balaban J connectivity index is 3.00. The van der Waals surface area contributed by atoms with Gasteiger partial charge >= 0.3 is 0 Å². The highest BCUT2D eigenvalue weighted by molar-refractivity contribution is 6.06. The molecule has 1 saturated heterocycles. The quantitative estimate of drug-likeness (QED) is 0.542. The first-order valence-electron chi connectivity index (χ1n) is 6.36. The molecule has 1 rings (SSSR count). The molecule has 0 saturated carbocycles. The Labute approximate surface area is 104 Å². The lowest BCUT2D eigenvalue weighted by Gasteiger charge is -2.27. The van der Waals surface area contributed by atoms with Gasteiger partial charge in [0.05, 0.1) is 11.5 Å². The number of terminal acetylenes is 1. The van der Waals surface area contributed by atoms with Crippen molar-refractivity contribution in [2.75, 3.05) is 0 Å². The van der Waals surface area contributed by atoms with Gasteiger partial charge in [-0.1, -0.05) is 20.8 Å². The molecule has 0 spiro atoms. The van der Waals surface area contributed by atoms with Gasteiger partial charge in [-0.05, 0) is 19.3 Å². The van der Waals surface area contributed by atoms with Crippen molar-refractivity contribution in [3.63, 3.8) is 0 Å². The van der Waals surface area contributed by atoms with Gasteiger partial charge in [0.15, 0.2) is 0 Å². The molecule has 1 aliphatic heterocycles. The highest BCUT2D eigenvalue weighted by Gasteiger charge is 2.50. The Kier molecular flexibility index (Phi) is 4.34. The fourth-order valence-electron chi connectivity index (χ4n) is 2.55. The largest absolute Gasteiger partial charge is 0.278 e. The summed E-state index contributed by atoms with van der Waals surface area (Å²) in [5.74, 6) is 2.48. The summed E-state index contributed by atoms with van der Waals surface area (Å²) in [4.78, 5) is 25.9. The second kappa shape index (κ2) is 5.35. The zero-order valence-electron chi connectivity index (χ0n) is 11.0. The average Bonchev–Trinajstić information content (AvgIpc) is 2.59. The number of hydrogen-bond donors (Lipinski definition) is 0. The maximum atomic E-state index is 12.4. The Bertz CT molecular complexity index is 350. The Morgan fingerprint density at radius 2 is 1.94 bits per heavy atom. The maximum Gasteiger partial charge on any atom is 0.236 e. The minimum atomic E-state index is -0.473. The van der Waals surface area contributed by atoms with E-state index in [9.17, 15) is 9.59 Å². The van der Waals surface area contributed by atoms with Crippen LogP contribution in [0.5, 0.6) is 0 Å². The van der Waals surface area contributed by atoms with Crippen molar-refractivity contribution in [3.8, 4) is 12.3 Å². The first-order valence-corrected chi connectivity index (χ1v) is 6.36. The van der Waals surface area contributed by atoms with Crippen LogP contribution < -0.4 is 0 Å². The molecular weight excluding hydrogens is 214 g/mol. The molecule has 1 aliphatic rings. The second-order valence-electron chi connectivity index (χ2n) is 4.70. The number of hydrogen-bond acceptors (Lipinski definition) is 2. The van der Waals surface area contributed by atoms with E-state index in [1.807, 2.05) is 20.8 Å². The van der Waals surface area contributed by atoms with Crippen molar-refractivity contribution in [2.24, 2.45) is 5.41 Å². The SMILES string of the molecule is C#CCC(CC)N1C(=O)CC(CC)(CC)C1=O. The molecule has 1 heterocycles. The van der Waals surface area contributed by atoms with Crippen molar-refractivity contribution in [3.05, 3.63) is 0 Å². The van der Waals surface area contributed by atoms with Crippen LogP contribution in [0.25, 0.3) is 0 Å². The fourth-order valence-corrected chi connectivity index (χ4v) is 2.55. The van der Waals surface area contributed by atoms with Crippen LogP contribution in [0.1, 0.15) is 52.9 Å². The molecule has 1 unspecified atom stereocenters. The molecule has 1 atom stereocenters. The molecule has 94 valence electrons. The number of imide groups is 1. The number of carbonyl (C=O) groups excluding carboxylic acids is 2. The summed E-state index contributed by atoms with van der Waals surface area (Å²) in [5.41, 5.74) is -0.473. The molecule has 0 aromatic carbocycles. The van der Waals surface area contributed by atoms with Gasteiger partial charge in [-0.15, -0.1) is 12.3 Å². The molecule has 0 N–H and O–H groups in total. The first-order chi connectivity index (χ1) is 8.06. The first kappa shape index (κ1) is 13.8. The molecule has 3 nitrogen and oxygen atoms in total. The third kappa shape index (κ3) is 2.22. The van der Waals surface area contributed by atoms with E-state index in [2.05, 4.69) is 5.92 Å². The topological polar surface area (TPSA) is 37.4 Å². The van der Waals surface area contributed by atoms with E-state index in [0.717, 1.165) is 19.3 Å². The zero-order chi connectivity index (χ0) is 13.1. The van der Waals surface area contributed by atoms with Gasteiger partial charge in [0.2, 0.25) is 11.8 Å². The Morgan fingerprint density at radius 1 is 1.35 bits per heavy atom. The van der Waals surface area contributed by atoms with Crippen LogP contribution in [-0.4, -0.2) is 22.8 Å². The average molecular weight is 235 g/mol. The molecule has 1 fully saturated rings. The summed E-state index contributed by atoms with van der Waals surface area (Å²) in [5, 5.41) is 0. The normalized spacial score (nSPS) is 20.5. The Hall–Kier alpha value is -1.30. The minimum Gasteiger partial charge on any atom is -0.278 e. The predicted molar refractivity (Wildman–Crippen MR) is 67.0 cm³/mol. The van der Waals surface area contributed by atoms with E-state index < -0.39 is 5.41 Å². The van der Waals surface area contributed by atoms with E-state index in [0.29, 0.717) is 12.8 Å². The van der Waals surface area contributed by atoms with Gasteiger partial charge in [0.1, 0.15) is 0 Å². The predicted octanol–water partition coefficient (Wildman–Crippen LogP) is 2.35. The van der Waals surface area contributed by atoms with E-state index >= 15 is 0 Å². The van der Waals surface area contributed by atoms with Crippen LogP contribution >= 0.6 is 0 Å². The van der Waals surface area contributed by atoms with Crippen LogP contribution in [0.4, 0.5) is 0 Å². The third-order valence-corrected chi connectivity index (χ3v) is 3.97. The molecule has 0 bridgehead atoms. The summed E-state index contributed by atoms with van der Waals surface area (Å²) in [6, 6.07) is -0.125. The van der Waals surface area contributed by atoms with Crippen LogP contribution in [0.2, 0.25) is 0 Å². The third-order valence-electron chi connectivity index (χ3n) is 3.97. The lowest BCUT2D eigenvalue weighted by Crippen LogP contribution is -2.42. The van der Waals surface area contributed by atoms with E-state index in [-0.39, 0.29) is 17.9 Å². The number of carbonyl (C=O) groups is 2. The van der Waals surface area contributed by atoms with Gasteiger partial charge in [-0.25, -0.2) is 0 Å². The Morgan fingerprint density at radius 3 is 2.29 bits per heavy atom. The molecule has 0 aromatic rings. The van der Waals surface area contributed by atoms with Gasteiger partial charge in [-0.3, -0.25) is 14.5 Å². The van der Waals surface area contributed by atoms with Crippen LogP contribution in [0.3, 0.4) is 0 Å². The summed E-state index contributed by atoms with van der Waals surface area (Å²) in [6.07, 6.45) is 8.27. The van der Waals surface area contributed by atoms with Crippen molar-refractivity contribution < 1.29 is 9.59 Å². The lowest BCUT2D eigenvalue weighted by molar-refractivity contribution is -0.144. The maximum absolute atomic E-state index is 12.4. The van der Waals surface area contributed by atoms with Gasteiger partial charge in [0, 0.05) is 12.8 Å². The number of amides is 2. The van der Waals surface area contributed by atoms with Crippen molar-refractivity contribution in [2.45, 2.75) is 58.9 Å². The van der Waals surface area contributed by atoms with E-state index in [1.54, 1.807) is 0 Å². The summed E-state index contributed by atoms with van der Waals surface area (Å²) >= 11 is 0. The van der Waals surface area contributed by atoms with Crippen molar-refractivity contribution in [1.29, 1.82) is 0 Å². The van der Waals surface area contributed by atoms with E-state index in [1.165, 1.54) is 4.90 Å². The number of nitrogens with zero attached hydrogens (tertiary/aromatic N) is 1. The fraction of sp³-hybridized carbons (Fsp3) is 0.714. The molecule has 17 heavy (non-hydrogen) atoms. The van der Waals surface area contributed by atoms with E-state index in [4.69, 9.17) is 6.42 Å². The smallest absolute Gasteiger partial charge is 0.236 e. The molecule has 0 aliphatic carbocycles. The summed E-state index contributed by atoms with van der Waals surface area (Å²) < 4.78 is 0. The number of likely N-dealkylation sites (tertiary alicyclic amines) is 1. The molecule has 0 radical (unpaired) electrons. The van der Waals surface area contributed by atoms with Gasteiger partial charge in [0.25, 0.3) is 0 Å². The highest BCUT2D eigenvalue weighted by atomic mass is 16.2. The van der Waals surface area contributed by atoms with Crippen molar-refractivity contribution in [1.82, 2.24) is 4.90 Å². The van der Waals surface area contributed by atoms with Gasteiger partial charge < -0.3 is 0 Å². The lowest BCUT2D eigenvalue weighted by atomic mass is 9.81. The molecular formula is C14H21NO2.